The minimum absolute atomic E-state index is 0.00482. The molecule has 0 aliphatic carbocycles. The zero-order valence-corrected chi connectivity index (χ0v) is 11.1. The lowest BCUT2D eigenvalue weighted by atomic mass is 10.3. The van der Waals surface area contributed by atoms with Crippen molar-refractivity contribution in [2.24, 2.45) is 0 Å². The first-order chi connectivity index (χ1) is 8.67. The third-order valence-electron chi connectivity index (χ3n) is 2.49. The zero-order valence-electron chi connectivity index (χ0n) is 11.1. The summed E-state index contributed by atoms with van der Waals surface area (Å²) in [6.45, 7) is 1.55. The Bertz CT molecular complexity index is 382. The minimum Gasteiger partial charge on any atom is -0.493 e. The van der Waals surface area contributed by atoms with E-state index in [0.29, 0.717) is 31.2 Å². The Hall–Kier alpha value is -1.75. The van der Waals surface area contributed by atoms with Crippen molar-refractivity contribution in [1.82, 2.24) is 10.2 Å². The van der Waals surface area contributed by atoms with Crippen LogP contribution in [0.1, 0.15) is 0 Å². The Morgan fingerprint density at radius 1 is 1.33 bits per heavy atom. The summed E-state index contributed by atoms with van der Waals surface area (Å²) in [6, 6.07) is 7.50. The molecule has 1 rings (SSSR count). The number of nitrogens with zero attached hydrogens (tertiary/aromatic N) is 1. The van der Waals surface area contributed by atoms with E-state index in [-0.39, 0.29) is 5.91 Å². The maximum Gasteiger partial charge on any atom is 0.233 e. The van der Waals surface area contributed by atoms with Crippen LogP contribution in [0, 0.1) is 0 Å². The summed E-state index contributed by atoms with van der Waals surface area (Å²) >= 11 is 0. The highest BCUT2D eigenvalue weighted by atomic mass is 16.5. The van der Waals surface area contributed by atoms with Crippen molar-refractivity contribution in [3.05, 3.63) is 24.3 Å². The van der Waals surface area contributed by atoms with E-state index in [9.17, 15) is 4.79 Å². The molecular formula is C13H20N2O3. The Morgan fingerprint density at radius 2 is 2.00 bits per heavy atom. The van der Waals surface area contributed by atoms with Crippen LogP contribution in [-0.2, 0) is 4.79 Å². The van der Waals surface area contributed by atoms with Gasteiger partial charge in [0.05, 0.1) is 13.7 Å². The second-order valence-electron chi connectivity index (χ2n) is 3.91. The highest BCUT2D eigenvalue weighted by molar-refractivity contribution is 5.77. The molecule has 0 heterocycles. The molecule has 0 radical (unpaired) electrons. The number of rotatable bonds is 7. The third-order valence-corrected chi connectivity index (χ3v) is 2.49. The summed E-state index contributed by atoms with van der Waals surface area (Å²) in [4.78, 5) is 13.0. The molecule has 1 N–H and O–H groups in total. The van der Waals surface area contributed by atoms with Gasteiger partial charge in [0.25, 0.3) is 0 Å². The molecule has 1 amide bonds. The summed E-state index contributed by atoms with van der Waals surface area (Å²) in [5, 5.41) is 2.58. The van der Waals surface area contributed by atoms with Crippen LogP contribution in [0.15, 0.2) is 24.3 Å². The highest BCUT2D eigenvalue weighted by Gasteiger charge is 2.06. The Balaban J connectivity index is 2.35. The van der Waals surface area contributed by atoms with Crippen molar-refractivity contribution in [2.45, 2.75) is 0 Å². The van der Waals surface area contributed by atoms with Crippen LogP contribution in [-0.4, -0.2) is 51.7 Å². The summed E-state index contributed by atoms with van der Waals surface area (Å²) in [6.07, 6.45) is 0. The van der Waals surface area contributed by atoms with E-state index in [1.165, 1.54) is 0 Å². The molecule has 0 saturated heterocycles. The van der Waals surface area contributed by atoms with Gasteiger partial charge in [-0.25, -0.2) is 0 Å². The van der Waals surface area contributed by atoms with Crippen LogP contribution in [0.25, 0.3) is 0 Å². The van der Waals surface area contributed by atoms with Crippen molar-refractivity contribution >= 4 is 5.91 Å². The summed E-state index contributed by atoms with van der Waals surface area (Å²) in [5.41, 5.74) is 0. The van der Waals surface area contributed by atoms with Crippen LogP contribution >= 0.6 is 0 Å². The van der Waals surface area contributed by atoms with Gasteiger partial charge in [0.1, 0.15) is 6.61 Å². The molecule has 0 fully saturated rings. The minimum atomic E-state index is -0.00482. The maximum absolute atomic E-state index is 11.1. The number of carbonyl (C=O) groups excluding carboxylic acids is 1. The van der Waals surface area contributed by atoms with Crippen molar-refractivity contribution < 1.29 is 14.3 Å². The number of benzene rings is 1. The van der Waals surface area contributed by atoms with Crippen molar-refractivity contribution in [2.75, 3.05) is 40.9 Å². The van der Waals surface area contributed by atoms with Crippen molar-refractivity contribution in [3.63, 3.8) is 0 Å². The van der Waals surface area contributed by atoms with E-state index in [2.05, 4.69) is 5.32 Å². The second-order valence-corrected chi connectivity index (χ2v) is 3.91. The van der Waals surface area contributed by atoms with Gasteiger partial charge in [0.15, 0.2) is 11.5 Å². The topological polar surface area (TPSA) is 50.8 Å². The smallest absolute Gasteiger partial charge is 0.233 e. The third kappa shape index (κ3) is 4.63. The molecule has 5 heteroatoms. The molecule has 100 valence electrons. The SMILES string of the molecule is CNC(=O)CN(C)CCOc1ccccc1OC. The number of ether oxygens (including phenoxy) is 2. The van der Waals surface area contributed by atoms with Crippen LogP contribution in [0.5, 0.6) is 11.5 Å². The van der Waals surface area contributed by atoms with Crippen molar-refractivity contribution in [3.8, 4) is 11.5 Å². The fourth-order valence-electron chi connectivity index (χ4n) is 1.45. The fraction of sp³-hybridized carbons (Fsp3) is 0.462. The molecule has 0 unspecified atom stereocenters. The number of methoxy groups -OCH3 is 1. The first kappa shape index (κ1) is 14.3. The van der Waals surface area contributed by atoms with Crippen LogP contribution in [0.4, 0.5) is 0 Å². The number of nitrogens with one attached hydrogen (secondary N) is 1. The molecule has 0 bridgehead atoms. The lowest BCUT2D eigenvalue weighted by Crippen LogP contribution is -2.35. The summed E-state index contributed by atoms with van der Waals surface area (Å²) in [5.74, 6) is 1.43. The molecule has 5 nitrogen and oxygen atoms in total. The predicted octanol–water partition coefficient (Wildman–Crippen LogP) is 0.752. The lowest BCUT2D eigenvalue weighted by Gasteiger charge is -2.16. The lowest BCUT2D eigenvalue weighted by molar-refractivity contribution is -0.121. The predicted molar refractivity (Wildman–Crippen MR) is 70.1 cm³/mol. The van der Waals surface area contributed by atoms with Crippen molar-refractivity contribution in [1.29, 1.82) is 0 Å². The first-order valence-corrected chi connectivity index (χ1v) is 5.82. The number of hydrogen-bond acceptors (Lipinski definition) is 4. The van der Waals surface area contributed by atoms with E-state index < -0.39 is 0 Å². The van der Waals surface area contributed by atoms with E-state index in [1.807, 2.05) is 36.2 Å². The molecule has 18 heavy (non-hydrogen) atoms. The van der Waals surface area contributed by atoms with E-state index in [4.69, 9.17) is 9.47 Å². The largest absolute Gasteiger partial charge is 0.493 e. The van der Waals surface area contributed by atoms with Gasteiger partial charge in [0, 0.05) is 13.6 Å². The number of carbonyl (C=O) groups is 1. The summed E-state index contributed by atoms with van der Waals surface area (Å²) in [7, 11) is 5.11. The molecule has 0 spiro atoms. The van der Waals surface area contributed by atoms with Gasteiger partial charge in [-0.2, -0.15) is 0 Å². The molecule has 1 aromatic rings. The van der Waals surface area contributed by atoms with Crippen LogP contribution < -0.4 is 14.8 Å². The molecule has 1 aromatic carbocycles. The van der Waals surface area contributed by atoms with Gasteiger partial charge in [-0.15, -0.1) is 0 Å². The van der Waals surface area contributed by atoms with Gasteiger partial charge >= 0.3 is 0 Å². The van der Waals surface area contributed by atoms with Gasteiger partial charge < -0.3 is 14.8 Å². The molecule has 0 saturated carbocycles. The number of hydrogen-bond donors (Lipinski definition) is 1. The highest BCUT2D eigenvalue weighted by Crippen LogP contribution is 2.25. The zero-order chi connectivity index (χ0) is 13.4. The van der Waals surface area contributed by atoms with E-state index >= 15 is 0 Å². The first-order valence-electron chi connectivity index (χ1n) is 5.82. The normalized spacial score (nSPS) is 10.2. The quantitative estimate of drug-likeness (QED) is 0.778. The van der Waals surface area contributed by atoms with Gasteiger partial charge in [-0.1, -0.05) is 12.1 Å². The Kier molecular flexibility index (Phi) is 6.00. The molecule has 0 aliphatic rings. The molecule has 0 aliphatic heterocycles. The Morgan fingerprint density at radius 3 is 2.61 bits per heavy atom. The maximum atomic E-state index is 11.1. The average Bonchev–Trinajstić information content (AvgIpc) is 2.39. The summed E-state index contributed by atoms with van der Waals surface area (Å²) < 4.78 is 10.8. The van der Waals surface area contributed by atoms with Crippen LogP contribution in [0.2, 0.25) is 0 Å². The molecule has 0 atom stereocenters. The number of likely N-dealkylation sites (N-methyl/N-ethyl adjacent to an activating group) is 2. The van der Waals surface area contributed by atoms with E-state index in [1.54, 1.807) is 14.2 Å². The average molecular weight is 252 g/mol. The monoisotopic (exact) mass is 252 g/mol. The number of para-hydroxylation sites is 2. The van der Waals surface area contributed by atoms with Gasteiger partial charge in [-0.3, -0.25) is 9.69 Å². The van der Waals surface area contributed by atoms with E-state index in [0.717, 1.165) is 0 Å². The second kappa shape index (κ2) is 7.55. The standard InChI is InChI=1S/C13H20N2O3/c1-14-13(16)10-15(2)8-9-18-12-7-5-4-6-11(12)17-3/h4-7H,8-10H2,1-3H3,(H,14,16). The molecular weight excluding hydrogens is 232 g/mol. The van der Waals surface area contributed by atoms with Gasteiger partial charge in [-0.05, 0) is 19.2 Å². The number of amides is 1. The van der Waals surface area contributed by atoms with Crippen LogP contribution in [0.3, 0.4) is 0 Å². The molecule has 0 aromatic heterocycles. The van der Waals surface area contributed by atoms with Gasteiger partial charge in [0.2, 0.25) is 5.91 Å². The Labute approximate surface area is 108 Å². The fourth-order valence-corrected chi connectivity index (χ4v) is 1.45.